The van der Waals surface area contributed by atoms with E-state index in [1.165, 1.54) is 0 Å². The molecule has 5 heteroatoms. The first-order valence-corrected chi connectivity index (χ1v) is 6.43. The molecule has 0 bridgehead atoms. The van der Waals surface area contributed by atoms with Crippen LogP contribution in [0.3, 0.4) is 0 Å². The van der Waals surface area contributed by atoms with Gasteiger partial charge in [0, 0.05) is 23.9 Å². The molecule has 1 aromatic carbocycles. The Morgan fingerprint density at radius 2 is 2.05 bits per heavy atom. The molecule has 106 valence electrons. The van der Waals surface area contributed by atoms with Crippen molar-refractivity contribution in [3.8, 4) is 0 Å². The molecule has 0 unspecified atom stereocenters. The summed E-state index contributed by atoms with van der Waals surface area (Å²) in [5.74, 6) is 0.669. The number of nitrogens with zero attached hydrogens (tertiary/aromatic N) is 2. The lowest BCUT2D eigenvalue weighted by molar-refractivity contribution is 0.0784. The molecule has 0 aliphatic heterocycles. The first-order chi connectivity index (χ1) is 9.40. The predicted molar refractivity (Wildman–Crippen MR) is 77.4 cm³/mol. The molecule has 0 fully saturated rings. The van der Waals surface area contributed by atoms with Gasteiger partial charge in [-0.05, 0) is 38.5 Å². The Morgan fingerprint density at radius 3 is 2.60 bits per heavy atom. The van der Waals surface area contributed by atoms with Crippen molar-refractivity contribution in [2.24, 2.45) is 0 Å². The van der Waals surface area contributed by atoms with E-state index in [-0.39, 0.29) is 5.91 Å². The van der Waals surface area contributed by atoms with Crippen LogP contribution in [0.4, 0.5) is 5.69 Å². The molecular formula is C15H19N3O2. The molecule has 5 nitrogen and oxygen atoms in total. The van der Waals surface area contributed by atoms with Crippen LogP contribution in [0.1, 0.15) is 32.9 Å². The molecule has 0 aliphatic rings. The summed E-state index contributed by atoms with van der Waals surface area (Å²) in [5, 5.41) is 3.89. The Bertz CT molecular complexity index is 627. The smallest absolute Gasteiger partial charge is 0.253 e. The maximum atomic E-state index is 12.4. The van der Waals surface area contributed by atoms with Crippen molar-refractivity contribution < 1.29 is 9.32 Å². The highest BCUT2D eigenvalue weighted by Gasteiger charge is 2.17. The fourth-order valence-electron chi connectivity index (χ4n) is 2.03. The van der Waals surface area contributed by atoms with Crippen molar-refractivity contribution in [3.63, 3.8) is 0 Å². The summed E-state index contributed by atoms with van der Waals surface area (Å²) in [6.07, 6.45) is 0. The number of nitrogen functional groups attached to an aromatic ring is 1. The van der Waals surface area contributed by atoms with Gasteiger partial charge in [0.25, 0.3) is 5.91 Å². The number of aromatic nitrogens is 1. The lowest BCUT2D eigenvalue weighted by Crippen LogP contribution is -2.26. The Hall–Kier alpha value is -2.30. The average molecular weight is 273 g/mol. The summed E-state index contributed by atoms with van der Waals surface area (Å²) in [7, 11) is 1.75. The van der Waals surface area contributed by atoms with Gasteiger partial charge in [-0.3, -0.25) is 4.79 Å². The summed E-state index contributed by atoms with van der Waals surface area (Å²) >= 11 is 0. The van der Waals surface area contributed by atoms with Gasteiger partial charge in [-0.1, -0.05) is 11.2 Å². The van der Waals surface area contributed by atoms with Crippen molar-refractivity contribution in [3.05, 3.63) is 46.3 Å². The van der Waals surface area contributed by atoms with Crippen molar-refractivity contribution >= 4 is 11.6 Å². The number of rotatable bonds is 3. The third-order valence-corrected chi connectivity index (χ3v) is 3.45. The molecule has 2 rings (SSSR count). The predicted octanol–water partition coefficient (Wildman–Crippen LogP) is 2.45. The minimum absolute atomic E-state index is 0.0725. The molecule has 0 saturated heterocycles. The maximum absolute atomic E-state index is 12.4. The molecule has 20 heavy (non-hydrogen) atoms. The van der Waals surface area contributed by atoms with Crippen LogP contribution in [0.15, 0.2) is 22.7 Å². The lowest BCUT2D eigenvalue weighted by Gasteiger charge is -2.17. The topological polar surface area (TPSA) is 72.4 Å². The van der Waals surface area contributed by atoms with E-state index >= 15 is 0 Å². The maximum Gasteiger partial charge on any atom is 0.253 e. The Labute approximate surface area is 118 Å². The zero-order chi connectivity index (χ0) is 14.9. The second kappa shape index (κ2) is 5.36. The van der Waals surface area contributed by atoms with Crippen molar-refractivity contribution in [1.82, 2.24) is 10.1 Å². The average Bonchev–Trinajstić information content (AvgIpc) is 2.72. The van der Waals surface area contributed by atoms with E-state index in [1.54, 1.807) is 24.1 Å². The van der Waals surface area contributed by atoms with Crippen molar-refractivity contribution in [2.75, 3.05) is 12.8 Å². The van der Waals surface area contributed by atoms with Gasteiger partial charge in [0.05, 0.1) is 12.2 Å². The van der Waals surface area contributed by atoms with Crippen LogP contribution in [0.2, 0.25) is 0 Å². The van der Waals surface area contributed by atoms with E-state index in [0.717, 1.165) is 22.6 Å². The monoisotopic (exact) mass is 273 g/mol. The molecule has 1 heterocycles. The molecule has 0 aliphatic carbocycles. The van der Waals surface area contributed by atoms with Gasteiger partial charge < -0.3 is 15.2 Å². The summed E-state index contributed by atoms with van der Waals surface area (Å²) < 4.78 is 5.11. The first kappa shape index (κ1) is 14.1. The molecule has 2 aromatic rings. The zero-order valence-electron chi connectivity index (χ0n) is 12.2. The van der Waals surface area contributed by atoms with Crippen LogP contribution in [0, 0.1) is 20.8 Å². The van der Waals surface area contributed by atoms with Gasteiger partial charge >= 0.3 is 0 Å². The van der Waals surface area contributed by atoms with Gasteiger partial charge in [-0.25, -0.2) is 0 Å². The second-order valence-electron chi connectivity index (χ2n) is 5.04. The fraction of sp³-hybridized carbons (Fsp3) is 0.333. The Morgan fingerprint density at radius 1 is 1.35 bits per heavy atom. The summed E-state index contributed by atoms with van der Waals surface area (Å²) in [5.41, 5.74) is 9.78. The second-order valence-corrected chi connectivity index (χ2v) is 5.04. The number of hydrogen-bond donors (Lipinski definition) is 1. The van der Waals surface area contributed by atoms with Crippen LogP contribution in [0.5, 0.6) is 0 Å². The summed E-state index contributed by atoms with van der Waals surface area (Å²) in [6.45, 7) is 6.09. The van der Waals surface area contributed by atoms with Crippen molar-refractivity contribution in [1.29, 1.82) is 0 Å². The van der Waals surface area contributed by atoms with E-state index in [2.05, 4.69) is 5.16 Å². The minimum atomic E-state index is -0.0725. The molecule has 0 spiro atoms. The van der Waals surface area contributed by atoms with Gasteiger partial charge in [-0.15, -0.1) is 0 Å². The molecule has 1 aromatic heterocycles. The highest BCUT2D eigenvalue weighted by atomic mass is 16.5. The van der Waals surface area contributed by atoms with E-state index < -0.39 is 0 Å². The number of benzene rings is 1. The highest BCUT2D eigenvalue weighted by Crippen LogP contribution is 2.18. The van der Waals surface area contributed by atoms with E-state index in [4.69, 9.17) is 10.3 Å². The van der Waals surface area contributed by atoms with Gasteiger partial charge in [-0.2, -0.15) is 0 Å². The van der Waals surface area contributed by atoms with Gasteiger partial charge in [0.15, 0.2) is 0 Å². The molecular weight excluding hydrogens is 254 g/mol. The number of amides is 1. The largest absolute Gasteiger partial charge is 0.398 e. The number of hydrogen-bond acceptors (Lipinski definition) is 4. The zero-order valence-corrected chi connectivity index (χ0v) is 12.2. The number of carbonyl (C=O) groups is 1. The molecule has 0 radical (unpaired) electrons. The van der Waals surface area contributed by atoms with Crippen LogP contribution >= 0.6 is 0 Å². The number of nitrogens with two attached hydrogens (primary N) is 1. The number of carbonyl (C=O) groups excluding carboxylic acids is 1. The van der Waals surface area contributed by atoms with Crippen molar-refractivity contribution in [2.45, 2.75) is 27.3 Å². The molecule has 1 amide bonds. The van der Waals surface area contributed by atoms with Crippen LogP contribution < -0.4 is 5.73 Å². The third kappa shape index (κ3) is 2.66. The SMILES string of the molecule is Cc1ccc(C(=O)N(C)Cc2c(C)noc2C)cc1N. The van der Waals surface area contributed by atoms with Gasteiger partial charge in [0.2, 0.25) is 0 Å². The minimum Gasteiger partial charge on any atom is -0.398 e. The molecule has 2 N–H and O–H groups in total. The van der Waals surface area contributed by atoms with E-state index in [0.29, 0.717) is 17.8 Å². The summed E-state index contributed by atoms with van der Waals surface area (Å²) in [4.78, 5) is 14.0. The Kier molecular flexibility index (Phi) is 3.79. The van der Waals surface area contributed by atoms with E-state index in [1.807, 2.05) is 26.8 Å². The highest BCUT2D eigenvalue weighted by molar-refractivity contribution is 5.95. The van der Waals surface area contributed by atoms with Crippen LogP contribution in [-0.2, 0) is 6.54 Å². The van der Waals surface area contributed by atoms with Crippen LogP contribution in [-0.4, -0.2) is 23.0 Å². The fourth-order valence-corrected chi connectivity index (χ4v) is 2.03. The third-order valence-electron chi connectivity index (χ3n) is 3.45. The molecule has 0 saturated carbocycles. The normalized spacial score (nSPS) is 10.6. The first-order valence-electron chi connectivity index (χ1n) is 6.43. The van der Waals surface area contributed by atoms with Crippen LogP contribution in [0.25, 0.3) is 0 Å². The quantitative estimate of drug-likeness (QED) is 0.872. The number of anilines is 1. The summed E-state index contributed by atoms with van der Waals surface area (Å²) in [6, 6.07) is 5.35. The van der Waals surface area contributed by atoms with E-state index in [9.17, 15) is 4.79 Å². The molecule has 0 atom stereocenters. The lowest BCUT2D eigenvalue weighted by atomic mass is 10.1. The standard InChI is InChI=1S/C15H19N3O2/c1-9-5-6-12(7-14(9)16)15(19)18(4)8-13-10(2)17-20-11(13)3/h5-7H,8,16H2,1-4H3. The number of aryl methyl sites for hydroxylation is 3. The van der Waals surface area contributed by atoms with Gasteiger partial charge in [0.1, 0.15) is 5.76 Å². The Balaban J connectivity index is 2.18.